The van der Waals surface area contributed by atoms with Crippen LogP contribution in [0.2, 0.25) is 0 Å². The first-order valence-corrected chi connectivity index (χ1v) is 6.15. The lowest BCUT2D eigenvalue weighted by Gasteiger charge is -2.33. The summed E-state index contributed by atoms with van der Waals surface area (Å²) in [7, 11) is 1.70. The fraction of sp³-hybridized carbons (Fsp3) is 0.667. The summed E-state index contributed by atoms with van der Waals surface area (Å²) in [4.78, 5) is 13.5. The maximum absolute atomic E-state index is 12.7. The largest absolute Gasteiger partial charge is 0.393 e. The van der Waals surface area contributed by atoms with Gasteiger partial charge in [0.2, 0.25) is 0 Å². The summed E-state index contributed by atoms with van der Waals surface area (Å²) in [5, 5.41) is 3.95. The fourth-order valence-electron chi connectivity index (χ4n) is 2.31. The van der Waals surface area contributed by atoms with E-state index in [0.29, 0.717) is 24.2 Å². The molecule has 19 heavy (non-hydrogen) atoms. The third-order valence-electron chi connectivity index (χ3n) is 3.64. The van der Waals surface area contributed by atoms with Crippen molar-refractivity contribution in [2.45, 2.75) is 25.9 Å². The van der Waals surface area contributed by atoms with Gasteiger partial charge in [-0.1, -0.05) is 0 Å². The van der Waals surface area contributed by atoms with Crippen molar-refractivity contribution in [1.29, 1.82) is 0 Å². The monoisotopic (exact) mass is 275 g/mol. The summed E-state index contributed by atoms with van der Waals surface area (Å²) in [6.07, 6.45) is -2.34. The van der Waals surface area contributed by atoms with Crippen LogP contribution in [0.15, 0.2) is 6.20 Å². The highest BCUT2D eigenvalue weighted by molar-refractivity contribution is 5.95. The molecule has 0 saturated carbocycles. The second-order valence-corrected chi connectivity index (χ2v) is 4.90. The molecule has 1 aromatic rings. The highest BCUT2D eigenvalue weighted by Gasteiger charge is 2.42. The minimum Gasteiger partial charge on any atom is -0.338 e. The van der Waals surface area contributed by atoms with E-state index in [1.807, 2.05) is 0 Å². The molecular weight excluding hydrogens is 259 g/mol. The van der Waals surface area contributed by atoms with Crippen LogP contribution < -0.4 is 0 Å². The van der Waals surface area contributed by atoms with Crippen molar-refractivity contribution in [3.8, 4) is 0 Å². The number of halogens is 3. The summed E-state index contributed by atoms with van der Waals surface area (Å²) < 4.78 is 39.7. The van der Waals surface area contributed by atoms with Crippen molar-refractivity contribution in [2.75, 3.05) is 13.1 Å². The first-order chi connectivity index (χ1) is 8.80. The van der Waals surface area contributed by atoms with E-state index in [-0.39, 0.29) is 18.9 Å². The van der Waals surface area contributed by atoms with E-state index < -0.39 is 12.1 Å². The number of alkyl halides is 3. The van der Waals surface area contributed by atoms with Crippen LogP contribution in [0, 0.1) is 12.8 Å². The second kappa shape index (κ2) is 4.86. The molecule has 0 aliphatic carbocycles. The van der Waals surface area contributed by atoms with E-state index >= 15 is 0 Å². The standard InChI is InChI=1S/C12H16F3N3O/c1-8-10(6-16-17(8)2)11(19)18-5-3-4-9(7-18)12(13,14)15/h6,9H,3-5,7H2,1-2H3. The Morgan fingerprint density at radius 2 is 2.16 bits per heavy atom. The Kier molecular flexibility index (Phi) is 3.56. The molecule has 1 unspecified atom stereocenters. The summed E-state index contributed by atoms with van der Waals surface area (Å²) in [6.45, 7) is 1.85. The van der Waals surface area contributed by atoms with Gasteiger partial charge in [-0.2, -0.15) is 18.3 Å². The number of hydrogen-bond acceptors (Lipinski definition) is 2. The van der Waals surface area contributed by atoms with Crippen molar-refractivity contribution < 1.29 is 18.0 Å². The zero-order chi connectivity index (χ0) is 14.2. The third-order valence-corrected chi connectivity index (χ3v) is 3.64. The van der Waals surface area contributed by atoms with Gasteiger partial charge in [-0.25, -0.2) is 0 Å². The predicted octanol–water partition coefficient (Wildman–Crippen LogP) is 2.14. The van der Waals surface area contributed by atoms with Crippen LogP contribution in [0.5, 0.6) is 0 Å². The van der Waals surface area contributed by atoms with Gasteiger partial charge in [0.15, 0.2) is 0 Å². The lowest BCUT2D eigenvalue weighted by molar-refractivity contribution is -0.184. The lowest BCUT2D eigenvalue weighted by atomic mass is 9.97. The number of piperidine rings is 1. The average Bonchev–Trinajstić information content (AvgIpc) is 2.68. The first-order valence-electron chi connectivity index (χ1n) is 6.15. The van der Waals surface area contributed by atoms with Crippen molar-refractivity contribution in [1.82, 2.24) is 14.7 Å². The SMILES string of the molecule is Cc1c(C(=O)N2CCCC(C(F)(F)F)C2)cnn1C. The fourth-order valence-corrected chi connectivity index (χ4v) is 2.31. The van der Waals surface area contributed by atoms with Gasteiger partial charge >= 0.3 is 6.18 Å². The van der Waals surface area contributed by atoms with Crippen LogP contribution in [0.3, 0.4) is 0 Å². The van der Waals surface area contributed by atoms with Gasteiger partial charge in [-0.05, 0) is 19.8 Å². The number of carbonyl (C=O) groups excluding carboxylic acids is 1. The molecule has 1 aliphatic heterocycles. The molecule has 0 N–H and O–H groups in total. The molecule has 0 bridgehead atoms. The minimum absolute atomic E-state index is 0.0965. The maximum Gasteiger partial charge on any atom is 0.393 e. The van der Waals surface area contributed by atoms with E-state index in [2.05, 4.69) is 5.10 Å². The zero-order valence-electron chi connectivity index (χ0n) is 10.9. The molecule has 2 heterocycles. The van der Waals surface area contributed by atoms with E-state index in [4.69, 9.17) is 0 Å². The Morgan fingerprint density at radius 1 is 1.47 bits per heavy atom. The topological polar surface area (TPSA) is 38.1 Å². The Balaban J connectivity index is 2.14. The van der Waals surface area contributed by atoms with Crippen LogP contribution in [-0.4, -0.2) is 39.9 Å². The van der Waals surface area contributed by atoms with Crippen molar-refractivity contribution in [3.63, 3.8) is 0 Å². The molecule has 7 heteroatoms. The summed E-state index contributed by atoms with van der Waals surface area (Å²) >= 11 is 0. The number of hydrogen-bond donors (Lipinski definition) is 0. The van der Waals surface area contributed by atoms with Crippen LogP contribution in [0.25, 0.3) is 0 Å². The van der Waals surface area contributed by atoms with E-state index in [0.717, 1.165) is 0 Å². The molecule has 1 aliphatic rings. The van der Waals surface area contributed by atoms with E-state index in [1.165, 1.54) is 11.1 Å². The van der Waals surface area contributed by atoms with E-state index in [1.54, 1.807) is 18.7 Å². The second-order valence-electron chi connectivity index (χ2n) is 4.90. The normalized spacial score (nSPS) is 20.7. The van der Waals surface area contributed by atoms with Crippen molar-refractivity contribution in [2.24, 2.45) is 13.0 Å². The van der Waals surface area contributed by atoms with Crippen LogP contribution in [-0.2, 0) is 7.05 Å². The van der Waals surface area contributed by atoms with Gasteiger partial charge in [-0.3, -0.25) is 9.48 Å². The van der Waals surface area contributed by atoms with Gasteiger partial charge in [0, 0.05) is 25.8 Å². The lowest BCUT2D eigenvalue weighted by Crippen LogP contribution is -2.44. The molecule has 0 spiro atoms. The van der Waals surface area contributed by atoms with Crippen LogP contribution >= 0.6 is 0 Å². The zero-order valence-corrected chi connectivity index (χ0v) is 10.9. The molecule has 1 atom stereocenters. The minimum atomic E-state index is -4.23. The smallest absolute Gasteiger partial charge is 0.338 e. The highest BCUT2D eigenvalue weighted by Crippen LogP contribution is 2.33. The average molecular weight is 275 g/mol. The Bertz CT molecular complexity index is 481. The summed E-state index contributed by atoms with van der Waals surface area (Å²) in [5.74, 6) is -1.78. The number of carbonyl (C=O) groups is 1. The Morgan fingerprint density at radius 3 is 2.68 bits per heavy atom. The molecule has 4 nitrogen and oxygen atoms in total. The number of rotatable bonds is 1. The number of amides is 1. The van der Waals surface area contributed by atoms with E-state index in [9.17, 15) is 18.0 Å². The maximum atomic E-state index is 12.7. The number of nitrogens with zero attached hydrogens (tertiary/aromatic N) is 3. The van der Waals surface area contributed by atoms with Gasteiger partial charge in [-0.15, -0.1) is 0 Å². The van der Waals surface area contributed by atoms with Gasteiger partial charge in [0.05, 0.1) is 17.7 Å². The molecule has 1 fully saturated rings. The molecule has 1 amide bonds. The molecular formula is C12H16F3N3O. The van der Waals surface area contributed by atoms with Crippen LogP contribution in [0.4, 0.5) is 13.2 Å². The molecule has 0 aromatic carbocycles. The Hall–Kier alpha value is -1.53. The van der Waals surface area contributed by atoms with Crippen molar-refractivity contribution in [3.05, 3.63) is 17.5 Å². The van der Waals surface area contributed by atoms with Crippen LogP contribution in [0.1, 0.15) is 28.9 Å². The van der Waals surface area contributed by atoms with Gasteiger partial charge in [0.1, 0.15) is 0 Å². The molecule has 2 rings (SSSR count). The van der Waals surface area contributed by atoms with Gasteiger partial charge < -0.3 is 4.90 Å². The quantitative estimate of drug-likeness (QED) is 0.787. The summed E-state index contributed by atoms with van der Waals surface area (Å²) in [5.41, 5.74) is 1.05. The summed E-state index contributed by atoms with van der Waals surface area (Å²) in [6, 6.07) is 0. The number of aromatic nitrogens is 2. The van der Waals surface area contributed by atoms with Gasteiger partial charge in [0.25, 0.3) is 5.91 Å². The Labute approximate surface area is 109 Å². The third kappa shape index (κ3) is 2.74. The van der Waals surface area contributed by atoms with Crippen molar-refractivity contribution >= 4 is 5.91 Å². The molecule has 0 radical (unpaired) electrons. The molecule has 106 valence electrons. The molecule has 1 aromatic heterocycles. The number of aryl methyl sites for hydroxylation is 1. The predicted molar refractivity (Wildman–Crippen MR) is 62.6 cm³/mol. The highest BCUT2D eigenvalue weighted by atomic mass is 19.4. The first kappa shape index (κ1) is 13.9. The molecule has 1 saturated heterocycles. The number of likely N-dealkylation sites (tertiary alicyclic amines) is 1.